The van der Waals surface area contributed by atoms with Crippen molar-refractivity contribution in [3.8, 4) is 23.0 Å². The third-order valence-electron chi connectivity index (χ3n) is 3.29. The molecule has 0 bridgehead atoms. The SMILES string of the molecule is C=CC(=O)OC(COc1ccc(O)cc1)COc1ccc(OCC)cc1. The lowest BCUT2D eigenvalue weighted by Gasteiger charge is -2.18. The first kappa shape index (κ1) is 19.2. The van der Waals surface area contributed by atoms with E-state index in [0.717, 1.165) is 11.8 Å². The normalized spacial score (nSPS) is 11.3. The molecule has 0 heterocycles. The molecule has 1 atom stereocenters. The number of rotatable bonds is 10. The minimum atomic E-state index is -0.624. The van der Waals surface area contributed by atoms with Crippen molar-refractivity contribution in [1.82, 2.24) is 0 Å². The van der Waals surface area contributed by atoms with Crippen LogP contribution < -0.4 is 14.2 Å². The van der Waals surface area contributed by atoms with Gasteiger partial charge in [0.25, 0.3) is 0 Å². The van der Waals surface area contributed by atoms with Crippen LogP contribution in [0.1, 0.15) is 6.92 Å². The first-order valence-corrected chi connectivity index (χ1v) is 8.21. The van der Waals surface area contributed by atoms with Crippen molar-refractivity contribution in [2.24, 2.45) is 0 Å². The monoisotopic (exact) mass is 358 g/mol. The molecule has 0 radical (unpaired) electrons. The van der Waals surface area contributed by atoms with E-state index in [1.807, 2.05) is 6.92 Å². The molecule has 0 saturated heterocycles. The maximum Gasteiger partial charge on any atom is 0.330 e. The summed E-state index contributed by atoms with van der Waals surface area (Å²) in [5, 5.41) is 9.28. The Morgan fingerprint density at radius 3 is 1.88 bits per heavy atom. The van der Waals surface area contributed by atoms with E-state index in [2.05, 4.69) is 6.58 Å². The van der Waals surface area contributed by atoms with Crippen molar-refractivity contribution in [2.75, 3.05) is 19.8 Å². The molecule has 6 nitrogen and oxygen atoms in total. The van der Waals surface area contributed by atoms with Crippen molar-refractivity contribution in [3.63, 3.8) is 0 Å². The van der Waals surface area contributed by atoms with Gasteiger partial charge in [-0.05, 0) is 55.5 Å². The van der Waals surface area contributed by atoms with E-state index in [1.165, 1.54) is 12.1 Å². The largest absolute Gasteiger partial charge is 0.508 e. The zero-order chi connectivity index (χ0) is 18.8. The number of carbonyl (C=O) groups excluding carboxylic acids is 1. The van der Waals surface area contributed by atoms with Gasteiger partial charge in [-0.15, -0.1) is 0 Å². The predicted octanol–water partition coefficient (Wildman–Crippen LogP) is 3.35. The molecule has 0 saturated carbocycles. The molecular weight excluding hydrogens is 336 g/mol. The van der Waals surface area contributed by atoms with Gasteiger partial charge in [0.2, 0.25) is 0 Å². The van der Waals surface area contributed by atoms with E-state index < -0.39 is 12.1 Å². The van der Waals surface area contributed by atoms with Crippen LogP contribution in [0.5, 0.6) is 23.0 Å². The maximum absolute atomic E-state index is 11.5. The van der Waals surface area contributed by atoms with Gasteiger partial charge in [-0.2, -0.15) is 0 Å². The molecule has 0 aliphatic carbocycles. The van der Waals surface area contributed by atoms with E-state index in [9.17, 15) is 9.90 Å². The molecule has 26 heavy (non-hydrogen) atoms. The molecule has 2 aromatic rings. The summed E-state index contributed by atoms with van der Waals surface area (Å²) >= 11 is 0. The lowest BCUT2D eigenvalue weighted by Crippen LogP contribution is -2.30. The Balaban J connectivity index is 1.91. The van der Waals surface area contributed by atoms with Gasteiger partial charge < -0.3 is 24.1 Å². The number of ether oxygens (including phenoxy) is 4. The van der Waals surface area contributed by atoms with Crippen LogP contribution >= 0.6 is 0 Å². The molecule has 0 spiro atoms. The van der Waals surface area contributed by atoms with Gasteiger partial charge in [-0.1, -0.05) is 6.58 Å². The van der Waals surface area contributed by atoms with Gasteiger partial charge in [0, 0.05) is 6.08 Å². The molecule has 0 aliphatic heterocycles. The van der Waals surface area contributed by atoms with Crippen molar-refractivity contribution < 1.29 is 28.8 Å². The van der Waals surface area contributed by atoms with Crippen LogP contribution in [0.25, 0.3) is 0 Å². The number of hydrogen-bond donors (Lipinski definition) is 1. The zero-order valence-corrected chi connectivity index (χ0v) is 14.6. The molecule has 1 N–H and O–H groups in total. The van der Waals surface area contributed by atoms with Crippen LogP contribution in [-0.4, -0.2) is 37.0 Å². The number of phenols is 1. The molecule has 2 aromatic carbocycles. The number of hydrogen-bond acceptors (Lipinski definition) is 6. The van der Waals surface area contributed by atoms with Crippen LogP contribution in [0.4, 0.5) is 0 Å². The summed E-state index contributed by atoms with van der Waals surface area (Å²) in [4.78, 5) is 11.5. The second-order valence-electron chi connectivity index (χ2n) is 5.28. The third-order valence-corrected chi connectivity index (χ3v) is 3.29. The van der Waals surface area contributed by atoms with Gasteiger partial charge >= 0.3 is 5.97 Å². The summed E-state index contributed by atoms with van der Waals surface area (Å²) in [7, 11) is 0. The van der Waals surface area contributed by atoms with Crippen LogP contribution in [0.3, 0.4) is 0 Å². The zero-order valence-electron chi connectivity index (χ0n) is 14.6. The van der Waals surface area contributed by atoms with E-state index in [1.54, 1.807) is 36.4 Å². The van der Waals surface area contributed by atoms with Crippen LogP contribution in [0.15, 0.2) is 61.2 Å². The number of phenolic OH excluding ortho intramolecular Hbond substituents is 1. The van der Waals surface area contributed by atoms with E-state index in [-0.39, 0.29) is 19.0 Å². The second kappa shape index (κ2) is 9.98. The van der Waals surface area contributed by atoms with Gasteiger partial charge in [-0.3, -0.25) is 0 Å². The highest BCUT2D eigenvalue weighted by Gasteiger charge is 2.15. The van der Waals surface area contributed by atoms with Crippen molar-refractivity contribution >= 4 is 5.97 Å². The van der Waals surface area contributed by atoms with Gasteiger partial charge in [-0.25, -0.2) is 4.79 Å². The minimum absolute atomic E-state index is 0.0986. The Kier molecular flexibility index (Phi) is 7.36. The second-order valence-corrected chi connectivity index (χ2v) is 5.28. The predicted molar refractivity (Wildman–Crippen MR) is 96.8 cm³/mol. The lowest BCUT2D eigenvalue weighted by atomic mass is 10.3. The highest BCUT2D eigenvalue weighted by molar-refractivity contribution is 5.81. The van der Waals surface area contributed by atoms with Crippen LogP contribution in [0.2, 0.25) is 0 Å². The summed E-state index contributed by atoms with van der Waals surface area (Å²) in [5.74, 6) is 1.51. The number of aromatic hydroxyl groups is 1. The van der Waals surface area contributed by atoms with Crippen molar-refractivity contribution in [3.05, 3.63) is 61.2 Å². The fraction of sp³-hybridized carbons (Fsp3) is 0.250. The molecule has 0 amide bonds. The Morgan fingerprint density at radius 1 is 0.962 bits per heavy atom. The highest BCUT2D eigenvalue weighted by Crippen LogP contribution is 2.19. The molecular formula is C20H22O6. The summed E-state index contributed by atoms with van der Waals surface area (Å²) in [6.07, 6.45) is 0.464. The molecule has 138 valence electrons. The van der Waals surface area contributed by atoms with Crippen LogP contribution in [0, 0.1) is 0 Å². The molecule has 2 rings (SSSR count). The molecule has 0 aromatic heterocycles. The van der Waals surface area contributed by atoms with E-state index in [0.29, 0.717) is 18.1 Å². The maximum atomic E-state index is 11.5. The topological polar surface area (TPSA) is 74.2 Å². The Morgan fingerprint density at radius 2 is 1.42 bits per heavy atom. The van der Waals surface area contributed by atoms with E-state index in [4.69, 9.17) is 18.9 Å². The first-order valence-electron chi connectivity index (χ1n) is 8.21. The Bertz CT molecular complexity index is 693. The standard InChI is InChI=1S/C20H22O6/c1-3-20(22)26-19(13-24-17-7-5-15(21)6-8-17)14-25-18-11-9-16(10-12-18)23-4-2/h3,5-12,19,21H,1,4,13-14H2,2H3. The highest BCUT2D eigenvalue weighted by atomic mass is 16.6. The van der Waals surface area contributed by atoms with Gasteiger partial charge in [0.1, 0.15) is 36.2 Å². The summed E-state index contributed by atoms with van der Waals surface area (Å²) < 4.78 is 21.9. The molecule has 1 unspecified atom stereocenters. The van der Waals surface area contributed by atoms with E-state index >= 15 is 0 Å². The lowest BCUT2D eigenvalue weighted by molar-refractivity contribution is -0.146. The van der Waals surface area contributed by atoms with Crippen molar-refractivity contribution in [1.29, 1.82) is 0 Å². The molecule has 0 fully saturated rings. The smallest absolute Gasteiger partial charge is 0.330 e. The average Bonchev–Trinajstić information content (AvgIpc) is 2.66. The van der Waals surface area contributed by atoms with Gasteiger partial charge in [0.05, 0.1) is 6.61 Å². The van der Waals surface area contributed by atoms with Crippen LogP contribution in [-0.2, 0) is 9.53 Å². The van der Waals surface area contributed by atoms with Gasteiger partial charge in [0.15, 0.2) is 6.10 Å². The third kappa shape index (κ3) is 6.39. The molecule has 0 aliphatic rings. The quantitative estimate of drug-likeness (QED) is 0.519. The molecule has 6 heteroatoms. The number of carbonyl (C=O) groups is 1. The van der Waals surface area contributed by atoms with Crippen molar-refractivity contribution in [2.45, 2.75) is 13.0 Å². The number of esters is 1. The Hall–Kier alpha value is -3.15. The summed E-state index contributed by atoms with van der Waals surface area (Å²) in [5.41, 5.74) is 0. The number of benzene rings is 2. The fourth-order valence-corrected chi connectivity index (χ4v) is 2.05. The first-order chi connectivity index (χ1) is 12.6. The fourth-order valence-electron chi connectivity index (χ4n) is 2.05. The average molecular weight is 358 g/mol. The summed E-state index contributed by atoms with van der Waals surface area (Å²) in [6, 6.07) is 13.4. The Labute approximate surface area is 152 Å². The summed E-state index contributed by atoms with van der Waals surface area (Å²) in [6.45, 7) is 6.11. The minimum Gasteiger partial charge on any atom is -0.508 e.